The zero-order chi connectivity index (χ0) is 11.7. The van der Waals surface area contributed by atoms with Crippen molar-refractivity contribution < 1.29 is 13.9 Å². The van der Waals surface area contributed by atoms with Crippen LogP contribution in [0.5, 0.6) is 0 Å². The number of fused-ring (bicyclic) bond motifs is 1. The summed E-state index contributed by atoms with van der Waals surface area (Å²) in [4.78, 5) is 15.3. The molecule has 0 saturated heterocycles. The van der Waals surface area contributed by atoms with Gasteiger partial charge in [-0.05, 0) is 18.2 Å². The SMILES string of the molecule is COC(=O)c1cc2ccc(F)cc2nc1Cl. The van der Waals surface area contributed by atoms with Crippen LogP contribution in [0, 0.1) is 5.82 Å². The number of esters is 1. The van der Waals surface area contributed by atoms with E-state index in [4.69, 9.17) is 11.6 Å². The summed E-state index contributed by atoms with van der Waals surface area (Å²) in [5.74, 6) is -0.967. The summed E-state index contributed by atoms with van der Waals surface area (Å²) in [6.07, 6.45) is 0. The van der Waals surface area contributed by atoms with Gasteiger partial charge in [-0.2, -0.15) is 0 Å². The Hall–Kier alpha value is -1.68. The van der Waals surface area contributed by atoms with Crippen LogP contribution in [0.25, 0.3) is 10.9 Å². The van der Waals surface area contributed by atoms with Gasteiger partial charge in [0.25, 0.3) is 0 Å². The molecular formula is C11H7ClFNO2. The highest BCUT2D eigenvalue weighted by molar-refractivity contribution is 6.32. The molecule has 0 saturated carbocycles. The first-order valence-corrected chi connectivity index (χ1v) is 4.84. The molecule has 5 heteroatoms. The molecule has 0 spiro atoms. The zero-order valence-corrected chi connectivity index (χ0v) is 9.08. The fourth-order valence-electron chi connectivity index (χ4n) is 1.37. The fourth-order valence-corrected chi connectivity index (χ4v) is 1.59. The van der Waals surface area contributed by atoms with Crippen molar-refractivity contribution in [2.24, 2.45) is 0 Å². The second-order valence-corrected chi connectivity index (χ2v) is 3.51. The second-order valence-electron chi connectivity index (χ2n) is 3.16. The van der Waals surface area contributed by atoms with Crippen LogP contribution in [0.15, 0.2) is 24.3 Å². The van der Waals surface area contributed by atoms with Crippen LogP contribution < -0.4 is 0 Å². The third-order valence-electron chi connectivity index (χ3n) is 2.14. The van der Waals surface area contributed by atoms with E-state index in [9.17, 15) is 9.18 Å². The van der Waals surface area contributed by atoms with Gasteiger partial charge in [0.1, 0.15) is 11.0 Å². The topological polar surface area (TPSA) is 39.2 Å². The van der Waals surface area contributed by atoms with E-state index in [1.807, 2.05) is 0 Å². The van der Waals surface area contributed by atoms with Crippen molar-refractivity contribution in [1.82, 2.24) is 4.98 Å². The van der Waals surface area contributed by atoms with Crippen LogP contribution in [-0.4, -0.2) is 18.1 Å². The summed E-state index contributed by atoms with van der Waals surface area (Å²) < 4.78 is 17.5. The number of hydrogen-bond donors (Lipinski definition) is 0. The van der Waals surface area contributed by atoms with E-state index < -0.39 is 11.8 Å². The molecule has 0 fully saturated rings. The lowest BCUT2D eigenvalue weighted by atomic mass is 10.1. The van der Waals surface area contributed by atoms with Crippen molar-refractivity contribution in [3.63, 3.8) is 0 Å². The van der Waals surface area contributed by atoms with Crippen LogP contribution in [0.1, 0.15) is 10.4 Å². The molecule has 82 valence electrons. The molecule has 0 aliphatic heterocycles. The summed E-state index contributed by atoms with van der Waals surface area (Å²) in [5.41, 5.74) is 0.570. The van der Waals surface area contributed by atoms with Gasteiger partial charge >= 0.3 is 5.97 Å². The van der Waals surface area contributed by atoms with Crippen molar-refractivity contribution in [1.29, 1.82) is 0 Å². The number of ether oxygens (including phenoxy) is 1. The molecule has 16 heavy (non-hydrogen) atoms. The Kier molecular flexibility index (Phi) is 2.75. The third kappa shape index (κ3) is 1.84. The molecule has 1 aromatic carbocycles. The summed E-state index contributed by atoms with van der Waals surface area (Å²) in [5, 5.41) is 0.635. The highest BCUT2D eigenvalue weighted by atomic mass is 35.5. The maximum Gasteiger partial charge on any atom is 0.341 e. The van der Waals surface area contributed by atoms with Gasteiger partial charge in [-0.3, -0.25) is 0 Å². The first-order valence-electron chi connectivity index (χ1n) is 4.46. The molecule has 3 nitrogen and oxygen atoms in total. The molecule has 0 radical (unpaired) electrons. The van der Waals surface area contributed by atoms with Crippen LogP contribution in [-0.2, 0) is 4.74 Å². The Bertz CT molecular complexity index is 571. The Morgan fingerprint density at radius 2 is 2.19 bits per heavy atom. The van der Waals surface area contributed by atoms with E-state index in [2.05, 4.69) is 9.72 Å². The highest BCUT2D eigenvalue weighted by Crippen LogP contribution is 2.21. The van der Waals surface area contributed by atoms with Crippen LogP contribution in [0.4, 0.5) is 4.39 Å². The molecule has 0 bridgehead atoms. The Labute approximate surface area is 95.8 Å². The van der Waals surface area contributed by atoms with Crippen LogP contribution in [0.3, 0.4) is 0 Å². The first kappa shape index (κ1) is 10.8. The van der Waals surface area contributed by atoms with Gasteiger partial charge < -0.3 is 4.74 Å². The third-order valence-corrected chi connectivity index (χ3v) is 2.43. The first-order chi connectivity index (χ1) is 7.61. The van der Waals surface area contributed by atoms with E-state index in [0.29, 0.717) is 10.9 Å². The summed E-state index contributed by atoms with van der Waals surface area (Å²) >= 11 is 5.79. The number of hydrogen-bond acceptors (Lipinski definition) is 3. The fraction of sp³-hybridized carbons (Fsp3) is 0.0909. The van der Waals surface area contributed by atoms with Crippen molar-refractivity contribution in [2.75, 3.05) is 7.11 Å². The molecule has 1 heterocycles. The maximum absolute atomic E-state index is 12.9. The summed E-state index contributed by atoms with van der Waals surface area (Å²) in [6.45, 7) is 0. The highest BCUT2D eigenvalue weighted by Gasteiger charge is 2.13. The van der Waals surface area contributed by atoms with Crippen molar-refractivity contribution >= 4 is 28.5 Å². The van der Waals surface area contributed by atoms with Crippen molar-refractivity contribution in [2.45, 2.75) is 0 Å². The van der Waals surface area contributed by atoms with E-state index in [1.165, 1.54) is 31.4 Å². The van der Waals surface area contributed by atoms with Gasteiger partial charge in [0.05, 0.1) is 18.2 Å². The van der Waals surface area contributed by atoms with E-state index in [0.717, 1.165) is 0 Å². The van der Waals surface area contributed by atoms with E-state index in [-0.39, 0.29) is 10.7 Å². The molecule has 0 aliphatic carbocycles. The monoisotopic (exact) mass is 239 g/mol. The average molecular weight is 240 g/mol. The molecule has 1 aromatic heterocycles. The quantitative estimate of drug-likeness (QED) is 0.567. The number of rotatable bonds is 1. The second kappa shape index (κ2) is 4.06. The molecular weight excluding hydrogens is 233 g/mol. The number of pyridine rings is 1. The molecule has 0 unspecified atom stereocenters. The predicted octanol–water partition coefficient (Wildman–Crippen LogP) is 2.81. The Balaban J connectivity index is 2.67. The van der Waals surface area contributed by atoms with Gasteiger partial charge in [0, 0.05) is 11.5 Å². The number of methoxy groups -OCH3 is 1. The summed E-state index contributed by atoms with van der Waals surface area (Å²) in [7, 11) is 1.26. The number of halogens is 2. The van der Waals surface area contributed by atoms with E-state index in [1.54, 1.807) is 0 Å². The predicted molar refractivity (Wildman–Crippen MR) is 58.1 cm³/mol. The Morgan fingerprint density at radius 1 is 1.44 bits per heavy atom. The molecule has 0 aliphatic rings. The largest absolute Gasteiger partial charge is 0.465 e. The number of aromatic nitrogens is 1. The van der Waals surface area contributed by atoms with Crippen molar-refractivity contribution in [3.05, 3.63) is 40.8 Å². The zero-order valence-electron chi connectivity index (χ0n) is 8.33. The maximum atomic E-state index is 12.9. The molecule has 2 rings (SSSR count). The Morgan fingerprint density at radius 3 is 2.88 bits per heavy atom. The minimum Gasteiger partial charge on any atom is -0.465 e. The molecule has 0 amide bonds. The molecule has 0 atom stereocenters. The minimum atomic E-state index is -0.566. The van der Waals surface area contributed by atoms with Gasteiger partial charge in [0.15, 0.2) is 0 Å². The minimum absolute atomic E-state index is 0.00458. The molecule has 2 aromatic rings. The normalized spacial score (nSPS) is 10.4. The average Bonchev–Trinajstić information content (AvgIpc) is 2.27. The lowest BCUT2D eigenvalue weighted by Gasteiger charge is -2.04. The molecule has 0 N–H and O–H groups in total. The lowest BCUT2D eigenvalue weighted by molar-refractivity contribution is 0.0600. The van der Waals surface area contributed by atoms with Gasteiger partial charge in [-0.25, -0.2) is 14.2 Å². The smallest absolute Gasteiger partial charge is 0.341 e. The number of benzene rings is 1. The van der Waals surface area contributed by atoms with Gasteiger partial charge in [-0.1, -0.05) is 11.6 Å². The van der Waals surface area contributed by atoms with E-state index >= 15 is 0 Å². The summed E-state index contributed by atoms with van der Waals surface area (Å²) in [6, 6.07) is 5.59. The van der Waals surface area contributed by atoms with Crippen molar-refractivity contribution in [3.8, 4) is 0 Å². The van der Waals surface area contributed by atoms with Crippen LogP contribution in [0.2, 0.25) is 5.15 Å². The van der Waals surface area contributed by atoms with Crippen LogP contribution >= 0.6 is 11.6 Å². The van der Waals surface area contributed by atoms with Gasteiger partial charge in [0.2, 0.25) is 0 Å². The van der Waals surface area contributed by atoms with Gasteiger partial charge in [-0.15, -0.1) is 0 Å². The number of nitrogens with zero attached hydrogens (tertiary/aromatic N) is 1. The lowest BCUT2D eigenvalue weighted by Crippen LogP contribution is -2.03. The number of carbonyl (C=O) groups is 1. The standard InChI is InChI=1S/C11H7ClFNO2/c1-16-11(15)8-4-6-2-3-7(13)5-9(6)14-10(8)12/h2-5H,1H3. The number of carbonyl (C=O) groups excluding carboxylic acids is 1.